The fourth-order valence-corrected chi connectivity index (χ4v) is 3.31. The number of pyridine rings is 1. The van der Waals surface area contributed by atoms with E-state index < -0.39 is 11.6 Å². The van der Waals surface area contributed by atoms with Crippen molar-refractivity contribution in [2.75, 3.05) is 4.90 Å². The predicted octanol–water partition coefficient (Wildman–Crippen LogP) is 3.47. The van der Waals surface area contributed by atoms with Gasteiger partial charge in [0.1, 0.15) is 11.3 Å². The minimum atomic E-state index is -0.925. The van der Waals surface area contributed by atoms with E-state index in [1.807, 2.05) is 32.0 Å². The molecule has 0 saturated carbocycles. The van der Waals surface area contributed by atoms with Crippen molar-refractivity contribution in [3.8, 4) is 11.6 Å². The number of aromatic nitrogens is 1. The summed E-state index contributed by atoms with van der Waals surface area (Å²) in [5, 5.41) is 2.64. The number of rotatable bonds is 3. The summed E-state index contributed by atoms with van der Waals surface area (Å²) in [6, 6.07) is 8.64. The molecule has 3 amide bonds. The van der Waals surface area contributed by atoms with E-state index in [9.17, 15) is 9.59 Å². The first-order chi connectivity index (χ1) is 12.7. The van der Waals surface area contributed by atoms with E-state index in [4.69, 9.17) is 9.47 Å². The third kappa shape index (κ3) is 2.94. The van der Waals surface area contributed by atoms with Gasteiger partial charge in [-0.1, -0.05) is 6.07 Å². The minimum Gasteiger partial charge on any atom is -0.439 e. The predicted molar refractivity (Wildman–Crippen MR) is 98.7 cm³/mol. The van der Waals surface area contributed by atoms with Crippen LogP contribution in [-0.4, -0.2) is 22.5 Å². The van der Waals surface area contributed by atoms with Gasteiger partial charge in [0.2, 0.25) is 5.88 Å². The van der Waals surface area contributed by atoms with Gasteiger partial charge in [0.25, 0.3) is 5.91 Å². The van der Waals surface area contributed by atoms with Crippen molar-refractivity contribution in [3.05, 3.63) is 47.7 Å². The average Bonchev–Trinajstić information content (AvgIpc) is 3.01. The van der Waals surface area contributed by atoms with Crippen LogP contribution >= 0.6 is 0 Å². The number of anilines is 1. The number of imide groups is 1. The molecular formula is C20H21N3O4. The number of ether oxygens (including phenoxy) is 2. The smallest absolute Gasteiger partial charge is 0.329 e. The first-order valence-electron chi connectivity index (χ1n) is 8.75. The van der Waals surface area contributed by atoms with Gasteiger partial charge in [0.05, 0.1) is 24.1 Å². The van der Waals surface area contributed by atoms with Crippen molar-refractivity contribution in [2.45, 2.75) is 45.4 Å². The summed E-state index contributed by atoms with van der Waals surface area (Å²) < 4.78 is 11.6. The highest BCUT2D eigenvalue weighted by atomic mass is 16.5. The van der Waals surface area contributed by atoms with Gasteiger partial charge in [0.15, 0.2) is 0 Å². The Hall–Kier alpha value is -2.93. The van der Waals surface area contributed by atoms with E-state index in [2.05, 4.69) is 10.3 Å². The van der Waals surface area contributed by atoms with Gasteiger partial charge in [-0.15, -0.1) is 0 Å². The average molecular weight is 367 g/mol. The van der Waals surface area contributed by atoms with E-state index in [0.29, 0.717) is 23.9 Å². The number of urea groups is 1. The quantitative estimate of drug-likeness (QED) is 0.840. The fraction of sp³-hybridized carbons (Fsp3) is 0.350. The topological polar surface area (TPSA) is 80.8 Å². The maximum atomic E-state index is 12.4. The molecule has 27 heavy (non-hydrogen) atoms. The summed E-state index contributed by atoms with van der Waals surface area (Å²) in [6.45, 7) is 7.97. The number of fused-ring (bicyclic) bond motifs is 1. The molecule has 1 fully saturated rings. The molecule has 0 unspecified atom stereocenters. The van der Waals surface area contributed by atoms with Crippen LogP contribution in [0.2, 0.25) is 0 Å². The van der Waals surface area contributed by atoms with Crippen LogP contribution in [0.5, 0.6) is 11.6 Å². The largest absolute Gasteiger partial charge is 0.439 e. The highest BCUT2D eigenvalue weighted by Crippen LogP contribution is 2.38. The number of amides is 3. The molecule has 0 radical (unpaired) electrons. The molecule has 7 heteroatoms. The van der Waals surface area contributed by atoms with E-state index in [-0.39, 0.29) is 11.5 Å². The fourth-order valence-electron chi connectivity index (χ4n) is 3.31. The van der Waals surface area contributed by atoms with Crippen molar-refractivity contribution < 1.29 is 19.1 Å². The zero-order chi connectivity index (χ0) is 19.4. The normalized spacial score (nSPS) is 19.8. The van der Waals surface area contributed by atoms with Crippen molar-refractivity contribution in [1.29, 1.82) is 0 Å². The first-order valence-corrected chi connectivity index (χ1v) is 8.75. The highest BCUT2D eigenvalue weighted by Gasteiger charge is 2.45. The summed E-state index contributed by atoms with van der Waals surface area (Å²) in [5.41, 5.74) is 1.38. The number of carbonyl (C=O) groups excluding carboxylic acids is 2. The van der Waals surface area contributed by atoms with Gasteiger partial charge in [-0.25, -0.2) is 14.7 Å². The summed E-state index contributed by atoms with van der Waals surface area (Å²) >= 11 is 0. The molecule has 1 aromatic heterocycles. The Morgan fingerprint density at radius 1 is 1.15 bits per heavy atom. The van der Waals surface area contributed by atoms with Crippen LogP contribution < -0.4 is 15.0 Å². The second-order valence-electron chi connectivity index (χ2n) is 7.77. The maximum Gasteiger partial charge on any atom is 0.329 e. The van der Waals surface area contributed by atoms with Crippen LogP contribution in [0.4, 0.5) is 10.5 Å². The van der Waals surface area contributed by atoms with Gasteiger partial charge in [-0.3, -0.25) is 4.79 Å². The molecule has 4 rings (SSSR count). The molecule has 0 atom stereocenters. The van der Waals surface area contributed by atoms with Gasteiger partial charge >= 0.3 is 6.03 Å². The van der Waals surface area contributed by atoms with E-state index in [0.717, 1.165) is 16.0 Å². The zero-order valence-corrected chi connectivity index (χ0v) is 15.7. The second-order valence-corrected chi connectivity index (χ2v) is 7.77. The molecule has 0 spiro atoms. The summed E-state index contributed by atoms with van der Waals surface area (Å²) in [7, 11) is 0. The van der Waals surface area contributed by atoms with E-state index in [1.165, 1.54) is 6.20 Å². The molecule has 1 saturated heterocycles. The zero-order valence-electron chi connectivity index (χ0n) is 15.7. The van der Waals surface area contributed by atoms with Gasteiger partial charge in [-0.2, -0.15) is 0 Å². The number of benzene rings is 1. The van der Waals surface area contributed by atoms with E-state index in [1.54, 1.807) is 26.0 Å². The van der Waals surface area contributed by atoms with Crippen LogP contribution in [0.1, 0.15) is 38.8 Å². The molecule has 0 aliphatic carbocycles. The summed E-state index contributed by atoms with van der Waals surface area (Å²) in [6.07, 6.45) is 1.45. The number of hydrogen-bond acceptors (Lipinski definition) is 5. The number of nitrogens with zero attached hydrogens (tertiary/aromatic N) is 2. The Labute approximate surface area is 157 Å². The number of hydrogen-bond donors (Lipinski definition) is 1. The molecule has 1 aromatic carbocycles. The Balaban J connectivity index is 1.54. The lowest BCUT2D eigenvalue weighted by Crippen LogP contribution is -2.40. The lowest BCUT2D eigenvalue weighted by molar-refractivity contribution is -0.121. The lowest BCUT2D eigenvalue weighted by atomic mass is 9.96. The van der Waals surface area contributed by atoms with Crippen molar-refractivity contribution >= 4 is 17.6 Å². The molecular weight excluding hydrogens is 346 g/mol. The molecule has 0 bridgehead atoms. The number of carbonyl (C=O) groups is 2. The Bertz CT molecular complexity index is 935. The van der Waals surface area contributed by atoms with Crippen molar-refractivity contribution in [3.63, 3.8) is 0 Å². The molecule has 3 heterocycles. The standard InChI is InChI=1S/C20H21N3O4/c1-19(2)17(24)23(18(25)22-19)13-6-8-16(21-10-13)27-14-7-5-12-11-26-20(3,4)15(12)9-14/h5-10H,11H2,1-4H3,(H,22,25). The van der Waals surface area contributed by atoms with Crippen molar-refractivity contribution in [2.24, 2.45) is 0 Å². The molecule has 7 nitrogen and oxygen atoms in total. The summed E-state index contributed by atoms with van der Waals surface area (Å²) in [5.74, 6) is 0.717. The Kier molecular flexibility index (Phi) is 3.75. The maximum absolute atomic E-state index is 12.4. The second kappa shape index (κ2) is 5.79. The van der Waals surface area contributed by atoms with Crippen LogP contribution in [0.3, 0.4) is 0 Å². The van der Waals surface area contributed by atoms with Gasteiger partial charge < -0.3 is 14.8 Å². The highest BCUT2D eigenvalue weighted by molar-refractivity contribution is 6.22. The van der Waals surface area contributed by atoms with E-state index >= 15 is 0 Å². The Morgan fingerprint density at radius 2 is 1.93 bits per heavy atom. The van der Waals surface area contributed by atoms with Gasteiger partial charge in [0, 0.05) is 6.07 Å². The SMILES string of the molecule is CC1(C)NC(=O)N(c2ccc(Oc3ccc4c(c3)C(C)(C)OC4)nc2)C1=O. The van der Waals surface area contributed by atoms with Crippen LogP contribution in [-0.2, 0) is 21.7 Å². The Morgan fingerprint density at radius 3 is 2.56 bits per heavy atom. The van der Waals surface area contributed by atoms with Crippen LogP contribution in [0, 0.1) is 0 Å². The molecule has 140 valence electrons. The van der Waals surface area contributed by atoms with Crippen LogP contribution in [0.25, 0.3) is 0 Å². The lowest BCUT2D eigenvalue weighted by Gasteiger charge is -2.19. The molecule has 2 aliphatic heterocycles. The third-order valence-electron chi connectivity index (χ3n) is 4.88. The monoisotopic (exact) mass is 367 g/mol. The third-order valence-corrected chi connectivity index (χ3v) is 4.88. The first kappa shape index (κ1) is 17.5. The minimum absolute atomic E-state index is 0.316. The van der Waals surface area contributed by atoms with Crippen LogP contribution in [0.15, 0.2) is 36.5 Å². The van der Waals surface area contributed by atoms with Gasteiger partial charge in [-0.05, 0) is 57.0 Å². The number of nitrogens with one attached hydrogen (secondary N) is 1. The summed E-state index contributed by atoms with van der Waals surface area (Å²) in [4.78, 5) is 29.8. The molecule has 2 aromatic rings. The molecule has 2 aliphatic rings. The molecule has 1 N–H and O–H groups in total. The van der Waals surface area contributed by atoms with Crippen molar-refractivity contribution in [1.82, 2.24) is 10.3 Å².